The number of hydrogen-bond donors (Lipinski definition) is 1. The second kappa shape index (κ2) is 5.94. The van der Waals surface area contributed by atoms with E-state index in [4.69, 9.17) is 16.0 Å². The van der Waals surface area contributed by atoms with E-state index < -0.39 is 0 Å². The Balaban J connectivity index is 2.39. The number of amides is 1. The molecule has 0 aliphatic rings. The molecule has 0 radical (unpaired) electrons. The highest BCUT2D eigenvalue weighted by Crippen LogP contribution is 2.11. The molecule has 90 valence electrons. The number of halogens is 1. The van der Waals surface area contributed by atoms with Gasteiger partial charge in [-0.05, 0) is 25.3 Å². The van der Waals surface area contributed by atoms with Gasteiger partial charge >= 0.3 is 0 Å². The molecule has 1 unspecified atom stereocenters. The Bertz CT molecular complexity index is 347. The van der Waals surface area contributed by atoms with Crippen molar-refractivity contribution >= 4 is 17.5 Å². The van der Waals surface area contributed by atoms with E-state index in [-0.39, 0.29) is 11.3 Å². The molecule has 0 aliphatic carbocycles. The molecule has 1 amide bonds. The van der Waals surface area contributed by atoms with E-state index in [0.717, 1.165) is 12.0 Å². The molecule has 1 rings (SSSR count). The number of carbonyl (C=O) groups excluding carboxylic acids is 1. The lowest BCUT2D eigenvalue weighted by molar-refractivity contribution is 0.0924. The van der Waals surface area contributed by atoms with Crippen LogP contribution in [0.1, 0.15) is 36.4 Å². The lowest BCUT2D eigenvalue weighted by Crippen LogP contribution is -2.30. The van der Waals surface area contributed by atoms with Gasteiger partial charge in [-0.25, -0.2) is 0 Å². The second-order valence-electron chi connectivity index (χ2n) is 4.37. The normalized spacial score (nSPS) is 12.8. The van der Waals surface area contributed by atoms with E-state index in [1.807, 2.05) is 6.92 Å². The van der Waals surface area contributed by atoms with Crippen LogP contribution in [0.25, 0.3) is 0 Å². The fourth-order valence-corrected chi connectivity index (χ4v) is 1.92. The van der Waals surface area contributed by atoms with Crippen LogP contribution in [0, 0.1) is 12.8 Å². The summed E-state index contributed by atoms with van der Waals surface area (Å²) in [5.41, 5.74) is 0.840. The van der Waals surface area contributed by atoms with Crippen LogP contribution >= 0.6 is 11.6 Å². The molecule has 1 heterocycles. The SMILES string of the molecule is Cc1ccoc1C(=O)NCC(Cl)CC(C)C. The first-order chi connectivity index (χ1) is 7.50. The van der Waals surface area contributed by atoms with Crippen molar-refractivity contribution in [2.75, 3.05) is 6.54 Å². The van der Waals surface area contributed by atoms with E-state index >= 15 is 0 Å². The van der Waals surface area contributed by atoms with Crippen LogP contribution in [-0.2, 0) is 0 Å². The average molecular weight is 244 g/mol. The molecule has 0 fully saturated rings. The van der Waals surface area contributed by atoms with Gasteiger partial charge in [-0.15, -0.1) is 11.6 Å². The number of rotatable bonds is 5. The summed E-state index contributed by atoms with van der Waals surface area (Å²) in [5.74, 6) is 0.704. The standard InChI is InChI=1S/C12H18ClNO2/c1-8(2)6-10(13)7-14-12(15)11-9(3)4-5-16-11/h4-5,8,10H,6-7H2,1-3H3,(H,14,15). The zero-order chi connectivity index (χ0) is 12.1. The van der Waals surface area contributed by atoms with Crippen molar-refractivity contribution in [3.63, 3.8) is 0 Å². The lowest BCUT2D eigenvalue weighted by Gasteiger charge is -2.12. The van der Waals surface area contributed by atoms with Crippen LogP contribution in [0.3, 0.4) is 0 Å². The zero-order valence-electron chi connectivity index (χ0n) is 9.92. The number of carbonyl (C=O) groups is 1. The van der Waals surface area contributed by atoms with Gasteiger partial charge in [0, 0.05) is 12.1 Å². The van der Waals surface area contributed by atoms with Crippen LogP contribution in [0.2, 0.25) is 0 Å². The highest BCUT2D eigenvalue weighted by molar-refractivity contribution is 6.20. The summed E-state index contributed by atoms with van der Waals surface area (Å²) in [7, 11) is 0. The molecule has 0 aliphatic heterocycles. The maximum absolute atomic E-state index is 11.7. The predicted octanol–water partition coefficient (Wildman–Crippen LogP) is 2.97. The van der Waals surface area contributed by atoms with E-state index in [2.05, 4.69) is 19.2 Å². The fraction of sp³-hybridized carbons (Fsp3) is 0.583. The van der Waals surface area contributed by atoms with Gasteiger partial charge in [0.15, 0.2) is 5.76 Å². The first-order valence-corrected chi connectivity index (χ1v) is 5.90. The molecule has 0 spiro atoms. The molecule has 0 saturated heterocycles. The lowest BCUT2D eigenvalue weighted by atomic mass is 10.1. The monoisotopic (exact) mass is 243 g/mol. The van der Waals surface area contributed by atoms with Gasteiger partial charge in [0.25, 0.3) is 5.91 Å². The largest absolute Gasteiger partial charge is 0.459 e. The second-order valence-corrected chi connectivity index (χ2v) is 4.99. The number of aryl methyl sites for hydroxylation is 1. The minimum Gasteiger partial charge on any atom is -0.459 e. The summed E-state index contributed by atoms with van der Waals surface area (Å²) in [6.45, 7) is 6.52. The Morgan fingerprint density at radius 1 is 1.56 bits per heavy atom. The van der Waals surface area contributed by atoms with Crippen LogP contribution < -0.4 is 5.32 Å². The Labute approximate surface area is 101 Å². The van der Waals surface area contributed by atoms with Crippen molar-refractivity contribution in [2.24, 2.45) is 5.92 Å². The summed E-state index contributed by atoms with van der Waals surface area (Å²) in [6, 6.07) is 1.77. The van der Waals surface area contributed by atoms with Crippen LogP contribution in [0.5, 0.6) is 0 Å². The topological polar surface area (TPSA) is 42.2 Å². The Kier molecular flexibility index (Phi) is 4.87. The summed E-state index contributed by atoms with van der Waals surface area (Å²) in [5, 5.41) is 2.74. The number of alkyl halides is 1. The summed E-state index contributed by atoms with van der Waals surface area (Å²) in [6.07, 6.45) is 2.40. The van der Waals surface area contributed by atoms with Gasteiger partial charge in [0.1, 0.15) is 0 Å². The zero-order valence-corrected chi connectivity index (χ0v) is 10.7. The van der Waals surface area contributed by atoms with Gasteiger partial charge in [-0.3, -0.25) is 4.79 Å². The quantitative estimate of drug-likeness (QED) is 0.808. The van der Waals surface area contributed by atoms with E-state index in [9.17, 15) is 4.79 Å². The van der Waals surface area contributed by atoms with Crippen molar-refractivity contribution in [3.05, 3.63) is 23.7 Å². The van der Waals surface area contributed by atoms with Gasteiger partial charge in [0.2, 0.25) is 0 Å². The first-order valence-electron chi connectivity index (χ1n) is 5.47. The molecule has 4 heteroatoms. The highest BCUT2D eigenvalue weighted by Gasteiger charge is 2.14. The summed E-state index contributed by atoms with van der Waals surface area (Å²) >= 11 is 6.08. The third kappa shape index (κ3) is 3.89. The van der Waals surface area contributed by atoms with Crippen molar-refractivity contribution in [1.29, 1.82) is 0 Å². The van der Waals surface area contributed by atoms with Crippen LogP contribution in [-0.4, -0.2) is 17.8 Å². The van der Waals surface area contributed by atoms with Gasteiger partial charge in [-0.2, -0.15) is 0 Å². The first kappa shape index (κ1) is 13.1. The Hall–Kier alpha value is -0.960. The highest BCUT2D eigenvalue weighted by atomic mass is 35.5. The number of furan rings is 1. The van der Waals surface area contributed by atoms with Crippen molar-refractivity contribution < 1.29 is 9.21 Å². The molecule has 1 aromatic heterocycles. The summed E-state index contributed by atoms with van der Waals surface area (Å²) in [4.78, 5) is 11.7. The third-order valence-corrected chi connectivity index (χ3v) is 2.61. The van der Waals surface area contributed by atoms with Gasteiger partial charge in [0.05, 0.1) is 11.6 Å². The molecule has 16 heavy (non-hydrogen) atoms. The third-order valence-electron chi connectivity index (χ3n) is 2.28. The fourth-order valence-electron chi connectivity index (χ4n) is 1.48. The number of hydrogen-bond acceptors (Lipinski definition) is 2. The number of nitrogens with one attached hydrogen (secondary N) is 1. The molecule has 3 nitrogen and oxygen atoms in total. The van der Waals surface area contributed by atoms with Crippen LogP contribution in [0.4, 0.5) is 0 Å². The molecule has 1 aromatic rings. The van der Waals surface area contributed by atoms with E-state index in [1.165, 1.54) is 6.26 Å². The Morgan fingerprint density at radius 2 is 2.25 bits per heavy atom. The van der Waals surface area contributed by atoms with Crippen molar-refractivity contribution in [3.8, 4) is 0 Å². The minimum absolute atomic E-state index is 0.0285. The molecular weight excluding hydrogens is 226 g/mol. The van der Waals surface area contributed by atoms with Gasteiger partial charge in [-0.1, -0.05) is 13.8 Å². The Morgan fingerprint density at radius 3 is 2.75 bits per heavy atom. The molecule has 1 atom stereocenters. The smallest absolute Gasteiger partial charge is 0.287 e. The maximum Gasteiger partial charge on any atom is 0.287 e. The molecular formula is C12H18ClNO2. The predicted molar refractivity (Wildman–Crippen MR) is 64.9 cm³/mol. The average Bonchev–Trinajstić information content (AvgIpc) is 2.60. The van der Waals surface area contributed by atoms with Crippen LogP contribution in [0.15, 0.2) is 16.7 Å². The van der Waals surface area contributed by atoms with Crippen molar-refractivity contribution in [2.45, 2.75) is 32.6 Å². The maximum atomic E-state index is 11.7. The van der Waals surface area contributed by atoms with E-state index in [0.29, 0.717) is 18.2 Å². The molecule has 0 saturated carbocycles. The van der Waals surface area contributed by atoms with Crippen molar-refractivity contribution in [1.82, 2.24) is 5.32 Å². The van der Waals surface area contributed by atoms with E-state index in [1.54, 1.807) is 6.07 Å². The molecule has 0 aromatic carbocycles. The minimum atomic E-state index is -0.197. The van der Waals surface area contributed by atoms with Gasteiger partial charge < -0.3 is 9.73 Å². The molecule has 1 N–H and O–H groups in total. The molecule has 0 bridgehead atoms. The summed E-state index contributed by atoms with van der Waals surface area (Å²) < 4.78 is 5.08.